The Hall–Kier alpha value is -3.32. The predicted molar refractivity (Wildman–Crippen MR) is 158 cm³/mol. The molecule has 38 heavy (non-hydrogen) atoms. The summed E-state index contributed by atoms with van der Waals surface area (Å²) in [5.74, 6) is 0.443. The predicted octanol–water partition coefficient (Wildman–Crippen LogP) is 8.58. The first-order valence-corrected chi connectivity index (χ1v) is 14.7. The highest BCUT2D eigenvalue weighted by Crippen LogP contribution is 2.42. The highest BCUT2D eigenvalue weighted by Gasteiger charge is 2.28. The number of carbonyl (C=O) groups excluding carboxylic acids is 1. The molecule has 1 saturated heterocycles. The third-order valence-corrected chi connectivity index (χ3v) is 9.56. The number of halogens is 1. The molecule has 0 saturated carbocycles. The van der Waals surface area contributed by atoms with Gasteiger partial charge in [0, 0.05) is 35.8 Å². The lowest BCUT2D eigenvalue weighted by Crippen LogP contribution is -2.37. The number of benzene rings is 2. The summed E-state index contributed by atoms with van der Waals surface area (Å²) in [5, 5.41) is 1.86. The van der Waals surface area contributed by atoms with Crippen molar-refractivity contribution in [2.45, 2.75) is 25.7 Å². The van der Waals surface area contributed by atoms with Crippen molar-refractivity contribution in [3.05, 3.63) is 106 Å². The van der Waals surface area contributed by atoms with E-state index in [0.29, 0.717) is 5.92 Å². The van der Waals surface area contributed by atoms with Crippen LogP contribution in [0.1, 0.15) is 39.0 Å². The van der Waals surface area contributed by atoms with Crippen molar-refractivity contribution < 1.29 is 4.79 Å². The normalized spacial score (nSPS) is 14.1. The zero-order valence-corrected chi connectivity index (χ0v) is 23.3. The fourth-order valence-corrected chi connectivity index (χ4v) is 7.14. The van der Waals surface area contributed by atoms with E-state index >= 15 is 0 Å². The number of nitrogens with zero attached hydrogens (tertiary/aromatic N) is 3. The maximum absolute atomic E-state index is 13.3. The molecule has 4 heterocycles. The number of likely N-dealkylation sites (tertiary alicyclic amines) is 1. The molecule has 1 fully saturated rings. The number of amides is 1. The van der Waals surface area contributed by atoms with Gasteiger partial charge in [-0.05, 0) is 61.7 Å². The first-order chi connectivity index (χ1) is 18.5. The minimum atomic E-state index is 0.108. The van der Waals surface area contributed by atoms with Gasteiger partial charge in [-0.25, -0.2) is 4.98 Å². The maximum atomic E-state index is 13.3. The van der Waals surface area contributed by atoms with E-state index in [1.165, 1.54) is 27.3 Å². The van der Waals surface area contributed by atoms with Crippen LogP contribution in [0.4, 0.5) is 0 Å². The Morgan fingerprint density at radius 3 is 2.34 bits per heavy atom. The summed E-state index contributed by atoms with van der Waals surface area (Å²) in [6.45, 7) is 3.57. The fraction of sp³-hybridized carbons (Fsp3) is 0.194. The van der Waals surface area contributed by atoms with Crippen molar-refractivity contribution in [2.24, 2.45) is 0 Å². The van der Waals surface area contributed by atoms with Gasteiger partial charge in [-0.2, -0.15) is 0 Å². The molecule has 1 amide bonds. The van der Waals surface area contributed by atoms with Gasteiger partial charge in [0.1, 0.15) is 0 Å². The van der Waals surface area contributed by atoms with Gasteiger partial charge in [0.25, 0.3) is 5.91 Å². The van der Waals surface area contributed by atoms with Gasteiger partial charge in [-0.3, -0.25) is 9.78 Å². The second kappa shape index (κ2) is 10.8. The van der Waals surface area contributed by atoms with Crippen molar-refractivity contribution in [3.63, 3.8) is 0 Å². The van der Waals surface area contributed by atoms with E-state index in [0.717, 1.165) is 62.7 Å². The van der Waals surface area contributed by atoms with Gasteiger partial charge >= 0.3 is 0 Å². The third-order valence-electron chi connectivity index (χ3n) is 6.94. The second-order valence-electron chi connectivity index (χ2n) is 9.55. The van der Waals surface area contributed by atoms with E-state index in [1.807, 2.05) is 59.5 Å². The largest absolute Gasteiger partial charge is 0.338 e. The van der Waals surface area contributed by atoms with Crippen molar-refractivity contribution in [1.82, 2.24) is 14.9 Å². The summed E-state index contributed by atoms with van der Waals surface area (Å²) in [5.41, 5.74) is 5.39. The van der Waals surface area contributed by atoms with Gasteiger partial charge in [-0.15, -0.1) is 22.7 Å². The average molecular weight is 556 g/mol. The number of aryl methyl sites for hydroxylation is 1. The average Bonchev–Trinajstić information content (AvgIpc) is 3.63. The minimum Gasteiger partial charge on any atom is -0.338 e. The van der Waals surface area contributed by atoms with Crippen LogP contribution in [0.15, 0.2) is 85.1 Å². The molecular weight excluding hydrogens is 530 g/mol. The summed E-state index contributed by atoms with van der Waals surface area (Å²) in [6, 6.07) is 26.3. The van der Waals surface area contributed by atoms with Gasteiger partial charge < -0.3 is 4.90 Å². The Bertz CT molecular complexity index is 1490. The SMILES string of the molecule is Cc1ccc(-c2sc(C3CCN(C(=O)c4ccc(-c5ccccn5)s4)CC3)nc2-c2ccc(Cl)cc2)cc1. The molecule has 3 aromatic heterocycles. The third kappa shape index (κ3) is 5.17. The Labute approximate surface area is 235 Å². The molecule has 190 valence electrons. The lowest BCUT2D eigenvalue weighted by molar-refractivity contribution is 0.0718. The monoisotopic (exact) mass is 555 g/mol. The molecule has 5 aromatic rings. The lowest BCUT2D eigenvalue weighted by atomic mass is 9.97. The van der Waals surface area contributed by atoms with E-state index in [-0.39, 0.29) is 5.91 Å². The zero-order chi connectivity index (χ0) is 26.1. The molecule has 0 bridgehead atoms. The van der Waals surface area contributed by atoms with Crippen LogP contribution in [-0.2, 0) is 0 Å². The number of pyridine rings is 1. The van der Waals surface area contributed by atoms with Crippen molar-refractivity contribution in [3.8, 4) is 32.3 Å². The molecule has 2 aromatic carbocycles. The number of rotatable bonds is 5. The summed E-state index contributed by atoms with van der Waals surface area (Å²) in [4.78, 5) is 27.8. The quantitative estimate of drug-likeness (QED) is 0.218. The molecule has 0 spiro atoms. The topological polar surface area (TPSA) is 46.1 Å². The highest BCUT2D eigenvalue weighted by atomic mass is 35.5. The zero-order valence-electron chi connectivity index (χ0n) is 20.9. The van der Waals surface area contributed by atoms with Gasteiger partial charge in [0.2, 0.25) is 0 Å². The Kier molecular flexibility index (Phi) is 7.11. The van der Waals surface area contributed by atoms with E-state index in [4.69, 9.17) is 16.6 Å². The first kappa shape index (κ1) is 25.0. The molecule has 1 aliphatic heterocycles. The van der Waals surface area contributed by atoms with Crippen LogP contribution in [-0.4, -0.2) is 33.9 Å². The van der Waals surface area contributed by atoms with Crippen molar-refractivity contribution >= 4 is 40.2 Å². The van der Waals surface area contributed by atoms with Crippen LogP contribution in [0.5, 0.6) is 0 Å². The molecule has 4 nitrogen and oxygen atoms in total. The number of hydrogen-bond acceptors (Lipinski definition) is 5. The van der Waals surface area contributed by atoms with Crippen LogP contribution < -0.4 is 0 Å². The molecule has 0 atom stereocenters. The molecule has 0 aliphatic carbocycles. The van der Waals surface area contributed by atoms with Crippen LogP contribution >= 0.6 is 34.3 Å². The van der Waals surface area contributed by atoms with Gasteiger partial charge in [-0.1, -0.05) is 59.6 Å². The molecular formula is C31H26ClN3OS2. The van der Waals surface area contributed by atoms with E-state index in [1.54, 1.807) is 17.5 Å². The number of thiazole rings is 1. The second-order valence-corrected chi connectivity index (χ2v) is 12.1. The summed E-state index contributed by atoms with van der Waals surface area (Å²) in [6.07, 6.45) is 3.60. The standard InChI is InChI=1S/C31H26ClN3OS2/c1-20-5-7-22(8-6-20)29-28(21-9-11-24(32)12-10-21)34-30(38-29)23-15-18-35(19-16-23)31(36)27-14-13-26(37-27)25-4-2-3-17-33-25/h2-14,17,23H,15-16,18-19H2,1H3. The Morgan fingerprint density at radius 2 is 1.63 bits per heavy atom. The van der Waals surface area contributed by atoms with Crippen molar-refractivity contribution in [1.29, 1.82) is 0 Å². The first-order valence-electron chi connectivity index (χ1n) is 12.7. The summed E-state index contributed by atoms with van der Waals surface area (Å²) in [7, 11) is 0. The van der Waals surface area contributed by atoms with Crippen LogP contribution in [0.3, 0.4) is 0 Å². The summed E-state index contributed by atoms with van der Waals surface area (Å²) >= 11 is 9.46. The lowest BCUT2D eigenvalue weighted by Gasteiger charge is -2.30. The maximum Gasteiger partial charge on any atom is 0.263 e. The van der Waals surface area contributed by atoms with E-state index in [2.05, 4.69) is 36.2 Å². The van der Waals surface area contributed by atoms with Crippen LogP contribution in [0.2, 0.25) is 5.02 Å². The van der Waals surface area contributed by atoms with Crippen molar-refractivity contribution in [2.75, 3.05) is 13.1 Å². The van der Waals surface area contributed by atoms with Gasteiger partial charge in [0.15, 0.2) is 0 Å². The molecule has 6 rings (SSSR count). The molecule has 7 heteroatoms. The number of thiophene rings is 1. The molecule has 0 radical (unpaired) electrons. The fourth-order valence-electron chi connectivity index (χ4n) is 4.80. The smallest absolute Gasteiger partial charge is 0.263 e. The Balaban J connectivity index is 1.20. The number of aromatic nitrogens is 2. The van der Waals surface area contributed by atoms with E-state index in [9.17, 15) is 4.79 Å². The van der Waals surface area contributed by atoms with Crippen LogP contribution in [0, 0.1) is 6.92 Å². The minimum absolute atomic E-state index is 0.108. The highest BCUT2D eigenvalue weighted by molar-refractivity contribution is 7.17. The van der Waals surface area contributed by atoms with Gasteiger partial charge in [0.05, 0.1) is 31.0 Å². The molecule has 1 aliphatic rings. The van der Waals surface area contributed by atoms with Crippen LogP contribution in [0.25, 0.3) is 32.3 Å². The molecule has 0 N–H and O–H groups in total. The summed E-state index contributed by atoms with van der Waals surface area (Å²) < 4.78 is 0. The number of carbonyl (C=O) groups is 1. The number of piperidine rings is 1. The number of hydrogen-bond donors (Lipinski definition) is 0. The molecule has 0 unspecified atom stereocenters. The Morgan fingerprint density at radius 1 is 0.895 bits per heavy atom. The van der Waals surface area contributed by atoms with E-state index < -0.39 is 0 Å².